The first-order valence-corrected chi connectivity index (χ1v) is 12.3. The van der Waals surface area contributed by atoms with E-state index in [1.54, 1.807) is 41.4 Å². The highest BCUT2D eigenvalue weighted by atomic mass is 35.5. The molecule has 1 aliphatic heterocycles. The lowest BCUT2D eigenvalue weighted by molar-refractivity contribution is -0.139. The highest BCUT2D eigenvalue weighted by Crippen LogP contribution is 2.28. The molecule has 0 saturated carbocycles. The van der Waals surface area contributed by atoms with Crippen LogP contribution in [0, 0.1) is 0 Å². The van der Waals surface area contributed by atoms with Crippen LogP contribution in [0.3, 0.4) is 0 Å². The zero-order valence-corrected chi connectivity index (χ0v) is 21.5. The fourth-order valence-electron chi connectivity index (χ4n) is 3.80. The highest BCUT2D eigenvalue weighted by Gasteiger charge is 2.21. The number of rotatable bonds is 8. The average Bonchev–Trinajstić information content (AvgIpc) is 2.96. The fraction of sp³-hybridized carbons (Fsp3) is 0.214. The van der Waals surface area contributed by atoms with Crippen molar-refractivity contribution >= 4 is 40.8 Å². The van der Waals surface area contributed by atoms with Gasteiger partial charge in [0.15, 0.2) is 11.4 Å². The van der Waals surface area contributed by atoms with Crippen LogP contribution in [0.5, 0.6) is 5.75 Å². The van der Waals surface area contributed by atoms with Crippen LogP contribution >= 0.6 is 11.6 Å². The molecule has 10 heteroatoms. The van der Waals surface area contributed by atoms with Crippen molar-refractivity contribution in [2.75, 3.05) is 32.1 Å². The van der Waals surface area contributed by atoms with Gasteiger partial charge >= 0.3 is 12.0 Å². The number of methoxy groups -OCH3 is 1. The number of halogens is 1. The summed E-state index contributed by atoms with van der Waals surface area (Å²) in [5.74, 6) is -0.830. The molecule has 3 amide bonds. The van der Waals surface area contributed by atoms with Crippen LogP contribution < -0.4 is 15.4 Å². The van der Waals surface area contributed by atoms with E-state index in [0.717, 1.165) is 16.7 Å². The van der Waals surface area contributed by atoms with Crippen LogP contribution in [-0.4, -0.2) is 54.5 Å². The number of esters is 1. The van der Waals surface area contributed by atoms with Crippen molar-refractivity contribution in [1.29, 1.82) is 0 Å². The second-order valence-electron chi connectivity index (χ2n) is 8.47. The Balaban J connectivity index is 1.48. The molecule has 2 N–H and O–H groups in total. The maximum atomic E-state index is 12.7. The Kier molecular flexibility index (Phi) is 8.94. The molecule has 0 fully saturated rings. The summed E-state index contributed by atoms with van der Waals surface area (Å²) in [4.78, 5) is 42.9. The Labute approximate surface area is 225 Å². The number of amides is 3. The van der Waals surface area contributed by atoms with Crippen molar-refractivity contribution in [2.45, 2.75) is 13.0 Å². The van der Waals surface area contributed by atoms with E-state index in [0.29, 0.717) is 30.2 Å². The molecule has 2 aromatic carbocycles. The first kappa shape index (κ1) is 26.7. The quantitative estimate of drug-likeness (QED) is 0.411. The summed E-state index contributed by atoms with van der Waals surface area (Å²) in [6, 6.07) is 18.0. The molecule has 9 nitrogen and oxygen atoms in total. The Hall–Kier alpha value is -4.37. The summed E-state index contributed by atoms with van der Waals surface area (Å²) in [6.07, 6.45) is 4.15. The zero-order valence-electron chi connectivity index (χ0n) is 20.8. The molecule has 2 heterocycles. The molecule has 0 bridgehead atoms. The lowest BCUT2D eigenvalue weighted by Crippen LogP contribution is -2.37. The minimum atomic E-state index is -0.571. The maximum absolute atomic E-state index is 12.7. The number of benzene rings is 2. The summed E-state index contributed by atoms with van der Waals surface area (Å²) in [6.45, 7) is 0.875. The molecule has 3 aromatic rings. The smallest absolute Gasteiger partial charge is 0.325 e. The predicted octanol–water partition coefficient (Wildman–Crippen LogP) is 4.54. The number of hydrogen-bond donors (Lipinski definition) is 2. The summed E-state index contributed by atoms with van der Waals surface area (Å²) in [5, 5.41) is 5.97. The Morgan fingerprint density at radius 3 is 2.53 bits per heavy atom. The molecule has 0 spiro atoms. The molecule has 38 heavy (non-hydrogen) atoms. The van der Waals surface area contributed by atoms with E-state index in [1.807, 2.05) is 36.4 Å². The molecule has 0 atom stereocenters. The lowest BCUT2D eigenvalue weighted by atomic mass is 10.0. The first-order chi connectivity index (χ1) is 18.4. The van der Waals surface area contributed by atoms with E-state index in [-0.39, 0.29) is 30.6 Å². The van der Waals surface area contributed by atoms with Gasteiger partial charge in [0.1, 0.15) is 13.2 Å². The number of carbonyl (C=O) groups excluding carboxylic acids is 3. The number of urea groups is 1. The third-order valence-electron chi connectivity index (χ3n) is 5.89. The highest BCUT2D eigenvalue weighted by molar-refractivity contribution is 6.30. The third-order valence-corrected chi connectivity index (χ3v) is 6.14. The molecule has 1 aromatic heterocycles. The first-order valence-electron chi connectivity index (χ1n) is 12.0. The number of ether oxygens (including phenoxy) is 2. The molecule has 4 rings (SSSR count). The van der Waals surface area contributed by atoms with E-state index in [2.05, 4.69) is 20.4 Å². The van der Waals surface area contributed by atoms with Crippen LogP contribution in [0.25, 0.3) is 5.57 Å². The van der Waals surface area contributed by atoms with Gasteiger partial charge in [-0.2, -0.15) is 0 Å². The number of pyridine rings is 1. The zero-order chi connectivity index (χ0) is 26.9. The monoisotopic (exact) mass is 534 g/mol. The molecule has 0 saturated heterocycles. The summed E-state index contributed by atoms with van der Waals surface area (Å²) in [5.41, 5.74) is 3.43. The average molecular weight is 535 g/mol. The summed E-state index contributed by atoms with van der Waals surface area (Å²) < 4.78 is 10.6. The van der Waals surface area contributed by atoms with Gasteiger partial charge < -0.3 is 25.0 Å². The maximum Gasteiger partial charge on any atom is 0.325 e. The van der Waals surface area contributed by atoms with Gasteiger partial charge in [-0.05, 0) is 53.5 Å². The molecular formula is C28H27ClN4O5. The molecular weight excluding hydrogens is 508 g/mol. The molecule has 196 valence electrons. The number of hydrogen-bond acceptors (Lipinski definition) is 6. The molecule has 1 aliphatic rings. The topological polar surface area (TPSA) is 110 Å². The van der Waals surface area contributed by atoms with Crippen LogP contribution in [0.2, 0.25) is 5.02 Å². The van der Waals surface area contributed by atoms with Crippen molar-refractivity contribution in [3.63, 3.8) is 0 Å². The minimum absolute atomic E-state index is 0.0639. The van der Waals surface area contributed by atoms with E-state index in [1.165, 1.54) is 7.11 Å². The van der Waals surface area contributed by atoms with Crippen LogP contribution in [0.15, 0.2) is 72.9 Å². The van der Waals surface area contributed by atoms with Gasteiger partial charge in [-0.15, -0.1) is 0 Å². The van der Waals surface area contributed by atoms with Crippen LogP contribution in [-0.2, 0) is 16.1 Å². The van der Waals surface area contributed by atoms with E-state index >= 15 is 0 Å². The Morgan fingerprint density at radius 2 is 1.84 bits per heavy atom. The second-order valence-corrected chi connectivity index (χ2v) is 8.90. The minimum Gasteiger partial charge on any atom is -0.486 e. The number of nitrogens with one attached hydrogen (secondary N) is 2. The Bertz CT molecular complexity index is 1330. The van der Waals surface area contributed by atoms with Gasteiger partial charge in [-0.3, -0.25) is 9.59 Å². The number of anilines is 1. The normalized spacial score (nSPS) is 12.8. The summed E-state index contributed by atoms with van der Waals surface area (Å²) >= 11 is 5.91. The number of aromatic nitrogens is 1. The van der Waals surface area contributed by atoms with Gasteiger partial charge in [0.2, 0.25) is 0 Å². The number of nitrogens with zero attached hydrogens (tertiary/aromatic N) is 2. The van der Waals surface area contributed by atoms with Gasteiger partial charge in [0, 0.05) is 30.0 Å². The van der Waals surface area contributed by atoms with Crippen molar-refractivity contribution in [1.82, 2.24) is 15.2 Å². The van der Waals surface area contributed by atoms with Gasteiger partial charge in [-0.25, -0.2) is 9.78 Å². The van der Waals surface area contributed by atoms with E-state index < -0.39 is 11.9 Å². The SMILES string of the molecule is COC(=O)CNC(=O)c1ncc(C2=CCN(C(=O)Nc3ccc(Cl)cc3)CC2)cc1OCc1ccccc1. The van der Waals surface area contributed by atoms with Crippen LogP contribution in [0.1, 0.15) is 28.0 Å². The molecule has 0 aliphatic carbocycles. The van der Waals surface area contributed by atoms with E-state index in [4.69, 9.17) is 16.3 Å². The predicted molar refractivity (Wildman–Crippen MR) is 144 cm³/mol. The van der Waals surface area contributed by atoms with Gasteiger partial charge in [0.05, 0.1) is 7.11 Å². The lowest BCUT2D eigenvalue weighted by Gasteiger charge is -2.27. The van der Waals surface area contributed by atoms with Gasteiger partial charge in [-0.1, -0.05) is 48.0 Å². The number of carbonyl (C=O) groups is 3. The van der Waals surface area contributed by atoms with E-state index in [9.17, 15) is 14.4 Å². The standard InChI is InChI=1S/C28H27ClN4O5/c1-37-25(34)17-31-27(35)26-24(38-18-19-5-3-2-4-6-19)15-21(16-30-26)20-11-13-33(14-12-20)28(36)32-23-9-7-22(29)8-10-23/h2-11,15-16H,12-14,17-18H2,1H3,(H,31,35)(H,32,36). The fourth-order valence-corrected chi connectivity index (χ4v) is 3.92. The van der Waals surface area contributed by atoms with Gasteiger partial charge in [0.25, 0.3) is 5.91 Å². The Morgan fingerprint density at radius 1 is 1.08 bits per heavy atom. The molecule has 0 unspecified atom stereocenters. The van der Waals surface area contributed by atoms with Crippen LogP contribution in [0.4, 0.5) is 10.5 Å². The van der Waals surface area contributed by atoms with Crippen molar-refractivity contribution in [2.24, 2.45) is 0 Å². The van der Waals surface area contributed by atoms with Crippen molar-refractivity contribution in [3.8, 4) is 5.75 Å². The second kappa shape index (κ2) is 12.7. The largest absolute Gasteiger partial charge is 0.486 e. The third kappa shape index (κ3) is 7.10. The summed E-state index contributed by atoms with van der Waals surface area (Å²) in [7, 11) is 1.25. The van der Waals surface area contributed by atoms with Crippen molar-refractivity contribution < 1.29 is 23.9 Å². The van der Waals surface area contributed by atoms with Crippen molar-refractivity contribution in [3.05, 3.63) is 94.8 Å². The molecule has 0 radical (unpaired) electrons.